The van der Waals surface area contributed by atoms with Crippen LogP contribution in [0.15, 0.2) is 42.5 Å². The number of halogens is 3. The second-order valence-electron chi connectivity index (χ2n) is 8.14. The summed E-state index contributed by atoms with van der Waals surface area (Å²) in [4.78, 5) is 25.9. The average molecular weight is 507 g/mol. The molecule has 2 aromatic carbocycles. The van der Waals surface area contributed by atoms with E-state index in [0.717, 1.165) is 5.56 Å². The van der Waals surface area contributed by atoms with Crippen LogP contribution >= 0.6 is 34.8 Å². The van der Waals surface area contributed by atoms with Crippen molar-refractivity contribution < 1.29 is 14.7 Å². The van der Waals surface area contributed by atoms with E-state index < -0.39 is 11.7 Å². The molecule has 4 rings (SSSR count). The Kier molecular flexibility index (Phi) is 7.10. The van der Waals surface area contributed by atoms with Crippen LogP contribution in [0.3, 0.4) is 0 Å². The Bertz CT molecular complexity index is 1200. The van der Waals surface area contributed by atoms with E-state index in [2.05, 4.69) is 10.4 Å². The zero-order valence-electron chi connectivity index (χ0n) is 17.8. The minimum absolute atomic E-state index is 0.0410. The number of carbonyl (C=O) groups excluding carboxylic acids is 2. The Morgan fingerprint density at radius 2 is 1.64 bits per heavy atom. The summed E-state index contributed by atoms with van der Waals surface area (Å²) in [6.07, 6.45) is 2.11. The lowest BCUT2D eigenvalue weighted by Gasteiger charge is -2.25. The number of nitrogens with zero attached hydrogens (tertiary/aromatic N) is 2. The normalized spacial score (nSPS) is 18.2. The minimum atomic E-state index is -0.724. The van der Waals surface area contributed by atoms with Crippen LogP contribution < -0.4 is 5.32 Å². The third-order valence-corrected chi connectivity index (χ3v) is 6.62. The topological polar surface area (TPSA) is 84.2 Å². The van der Waals surface area contributed by atoms with Gasteiger partial charge in [0.2, 0.25) is 0 Å². The van der Waals surface area contributed by atoms with Gasteiger partial charge in [-0.15, -0.1) is 0 Å². The van der Waals surface area contributed by atoms with Crippen LogP contribution in [-0.2, 0) is 4.79 Å². The molecule has 0 atom stereocenters. The number of nitrogens with one attached hydrogen (secondary N) is 1. The molecule has 1 heterocycles. The van der Waals surface area contributed by atoms with E-state index >= 15 is 0 Å². The van der Waals surface area contributed by atoms with E-state index in [1.165, 1.54) is 0 Å². The summed E-state index contributed by atoms with van der Waals surface area (Å²) < 4.78 is 1.55. The number of rotatable bonds is 5. The smallest absolute Gasteiger partial charge is 0.294 e. The van der Waals surface area contributed by atoms with Gasteiger partial charge in [0.25, 0.3) is 11.7 Å². The highest BCUT2D eigenvalue weighted by Crippen LogP contribution is 2.33. The fourth-order valence-electron chi connectivity index (χ4n) is 4.06. The first-order valence-corrected chi connectivity index (χ1v) is 11.7. The van der Waals surface area contributed by atoms with Crippen LogP contribution in [0, 0.1) is 6.92 Å². The third kappa shape index (κ3) is 5.09. The quantitative estimate of drug-likeness (QED) is 0.358. The van der Waals surface area contributed by atoms with Gasteiger partial charge in [0, 0.05) is 27.2 Å². The molecule has 0 bridgehead atoms. The van der Waals surface area contributed by atoms with E-state index in [0.29, 0.717) is 57.7 Å². The number of aliphatic hydroxyl groups is 1. The van der Waals surface area contributed by atoms with E-state index in [-0.39, 0.29) is 17.8 Å². The highest BCUT2D eigenvalue weighted by Gasteiger charge is 2.29. The Hall–Kier alpha value is -2.38. The van der Waals surface area contributed by atoms with Crippen LogP contribution in [0.2, 0.25) is 15.1 Å². The molecule has 1 saturated carbocycles. The molecule has 9 heteroatoms. The number of Topliss-reactive ketones (excluding diaryl/α,β-unsaturated/α-hetero) is 1. The molecular weight excluding hydrogens is 485 g/mol. The molecule has 0 radical (unpaired) electrons. The predicted molar refractivity (Wildman–Crippen MR) is 130 cm³/mol. The SMILES string of the molecule is Cc1c(C(=O)C(=O)NC2CCC(O)CC2)nn(-c2ccc(Cl)cc2Cl)c1-c1ccc(Cl)cc1. The summed E-state index contributed by atoms with van der Waals surface area (Å²) in [6, 6.07) is 11.9. The van der Waals surface area contributed by atoms with Crippen molar-refractivity contribution in [1.82, 2.24) is 15.1 Å². The highest BCUT2D eigenvalue weighted by atomic mass is 35.5. The summed E-state index contributed by atoms with van der Waals surface area (Å²) in [6.45, 7) is 1.74. The van der Waals surface area contributed by atoms with Crippen molar-refractivity contribution in [1.29, 1.82) is 0 Å². The van der Waals surface area contributed by atoms with Gasteiger partial charge >= 0.3 is 0 Å². The van der Waals surface area contributed by atoms with Gasteiger partial charge in [0.15, 0.2) is 0 Å². The lowest BCUT2D eigenvalue weighted by Crippen LogP contribution is -2.42. The first kappa shape index (κ1) is 23.8. The molecule has 0 spiro atoms. The van der Waals surface area contributed by atoms with E-state index in [1.54, 1.807) is 41.9 Å². The van der Waals surface area contributed by atoms with Gasteiger partial charge in [-0.05, 0) is 62.9 Å². The molecular formula is C24H22Cl3N3O3. The molecule has 1 amide bonds. The average Bonchev–Trinajstić information content (AvgIpc) is 3.12. The Labute approximate surface area is 206 Å². The largest absolute Gasteiger partial charge is 0.393 e. The lowest BCUT2D eigenvalue weighted by atomic mass is 9.93. The number of hydrogen-bond acceptors (Lipinski definition) is 4. The lowest BCUT2D eigenvalue weighted by molar-refractivity contribution is -0.118. The highest BCUT2D eigenvalue weighted by molar-refractivity contribution is 6.43. The Morgan fingerprint density at radius 3 is 2.27 bits per heavy atom. The first-order valence-electron chi connectivity index (χ1n) is 10.6. The zero-order valence-corrected chi connectivity index (χ0v) is 20.1. The molecule has 1 aromatic heterocycles. The van der Waals surface area contributed by atoms with Gasteiger partial charge < -0.3 is 10.4 Å². The number of carbonyl (C=O) groups is 2. The molecule has 1 aliphatic rings. The van der Waals surface area contributed by atoms with Gasteiger partial charge in [-0.2, -0.15) is 5.10 Å². The van der Waals surface area contributed by atoms with Gasteiger partial charge in [0.05, 0.1) is 22.5 Å². The summed E-state index contributed by atoms with van der Waals surface area (Å²) in [7, 11) is 0. The molecule has 0 aliphatic heterocycles. The monoisotopic (exact) mass is 505 g/mol. The van der Waals surface area contributed by atoms with Crippen molar-refractivity contribution in [2.75, 3.05) is 0 Å². The van der Waals surface area contributed by atoms with E-state index in [9.17, 15) is 14.7 Å². The molecule has 0 unspecified atom stereocenters. The minimum Gasteiger partial charge on any atom is -0.393 e. The maximum atomic E-state index is 13.1. The molecule has 0 saturated heterocycles. The summed E-state index contributed by atoms with van der Waals surface area (Å²) in [5, 5.41) is 18.3. The van der Waals surface area contributed by atoms with Crippen LogP contribution in [0.4, 0.5) is 0 Å². The van der Waals surface area contributed by atoms with Crippen LogP contribution in [0.1, 0.15) is 41.7 Å². The number of hydrogen-bond donors (Lipinski definition) is 2. The molecule has 33 heavy (non-hydrogen) atoms. The molecule has 1 fully saturated rings. The fraction of sp³-hybridized carbons (Fsp3) is 0.292. The van der Waals surface area contributed by atoms with Crippen molar-refractivity contribution in [2.45, 2.75) is 44.8 Å². The van der Waals surface area contributed by atoms with Crippen LogP contribution in [0.25, 0.3) is 16.9 Å². The van der Waals surface area contributed by atoms with E-state index in [1.807, 2.05) is 12.1 Å². The number of benzene rings is 2. The van der Waals surface area contributed by atoms with Crippen molar-refractivity contribution in [3.8, 4) is 16.9 Å². The molecule has 1 aliphatic carbocycles. The zero-order chi connectivity index (χ0) is 23.7. The maximum absolute atomic E-state index is 13.1. The number of amides is 1. The summed E-state index contributed by atoms with van der Waals surface area (Å²) in [5.74, 6) is -1.44. The molecule has 6 nitrogen and oxygen atoms in total. The molecule has 3 aromatic rings. The second-order valence-corrected chi connectivity index (χ2v) is 9.42. The van der Waals surface area contributed by atoms with Gasteiger partial charge in [-0.3, -0.25) is 9.59 Å². The number of aromatic nitrogens is 2. The van der Waals surface area contributed by atoms with Gasteiger partial charge in [0.1, 0.15) is 5.69 Å². The van der Waals surface area contributed by atoms with Crippen LogP contribution in [0.5, 0.6) is 0 Å². The van der Waals surface area contributed by atoms with E-state index in [4.69, 9.17) is 34.8 Å². The number of aliphatic hydroxyl groups excluding tert-OH is 1. The van der Waals surface area contributed by atoms with Crippen molar-refractivity contribution in [3.05, 3.63) is 68.8 Å². The van der Waals surface area contributed by atoms with Crippen molar-refractivity contribution in [2.24, 2.45) is 0 Å². The standard InChI is InChI=1S/C24H22Cl3N3O3/c1-13-21(23(32)24(33)28-17-7-9-18(31)10-8-17)29-30(20-11-6-16(26)12-19(20)27)22(13)14-2-4-15(25)5-3-14/h2-6,11-12,17-18,31H,7-10H2,1H3,(H,28,33). The van der Waals surface area contributed by atoms with Gasteiger partial charge in [-0.25, -0.2) is 4.68 Å². The summed E-state index contributed by atoms with van der Waals surface area (Å²) in [5.41, 5.74) is 2.49. The molecule has 2 N–H and O–H groups in total. The summed E-state index contributed by atoms with van der Waals surface area (Å²) >= 11 is 18.6. The number of ketones is 1. The molecule has 172 valence electrons. The van der Waals surface area contributed by atoms with Crippen molar-refractivity contribution in [3.63, 3.8) is 0 Å². The fourth-order valence-corrected chi connectivity index (χ4v) is 4.68. The maximum Gasteiger partial charge on any atom is 0.294 e. The van der Waals surface area contributed by atoms with Crippen molar-refractivity contribution >= 4 is 46.5 Å². The first-order chi connectivity index (χ1) is 15.7. The predicted octanol–water partition coefficient (Wildman–Crippen LogP) is 5.41. The Morgan fingerprint density at radius 1 is 1.00 bits per heavy atom. The second kappa shape index (κ2) is 9.85. The van der Waals surface area contributed by atoms with Crippen LogP contribution in [-0.4, -0.2) is 38.7 Å². The Balaban J connectivity index is 1.73. The third-order valence-electron chi connectivity index (χ3n) is 5.83. The van der Waals surface area contributed by atoms with Gasteiger partial charge in [-0.1, -0.05) is 46.9 Å².